The molecule has 1 aromatic heterocycles. The van der Waals surface area contributed by atoms with Crippen LogP contribution in [0.4, 0.5) is 26.1 Å². The molecule has 2 aromatic rings. The van der Waals surface area contributed by atoms with Crippen molar-refractivity contribution in [1.29, 1.82) is 0 Å². The van der Waals surface area contributed by atoms with Crippen LogP contribution in [0.3, 0.4) is 0 Å². The molecule has 2 rings (SSSR count). The van der Waals surface area contributed by atoms with Crippen molar-refractivity contribution in [1.82, 2.24) is 9.97 Å². The Balaban J connectivity index is 2.38. The Bertz CT molecular complexity index is 624. The van der Waals surface area contributed by atoms with Crippen LogP contribution in [0.25, 0.3) is 0 Å². The molecule has 21 heavy (non-hydrogen) atoms. The van der Waals surface area contributed by atoms with Crippen LogP contribution in [-0.4, -0.2) is 16.5 Å². The predicted molar refractivity (Wildman–Crippen MR) is 79.9 cm³/mol. The van der Waals surface area contributed by atoms with Crippen molar-refractivity contribution in [3.05, 3.63) is 41.2 Å². The fourth-order valence-corrected chi connectivity index (χ4v) is 1.90. The first-order valence-corrected chi connectivity index (χ1v) is 6.83. The van der Waals surface area contributed by atoms with Gasteiger partial charge in [-0.3, -0.25) is 0 Å². The number of aryl methyl sites for hydroxylation is 1. The summed E-state index contributed by atoms with van der Waals surface area (Å²) in [5.74, 6) is 0.273. The molecule has 0 spiro atoms. The van der Waals surface area contributed by atoms with Gasteiger partial charge in [0.25, 0.3) is 0 Å². The number of hydrogen-bond donors (Lipinski definition) is 2. The summed E-state index contributed by atoms with van der Waals surface area (Å²) in [7, 11) is 0. The minimum Gasteiger partial charge on any atom is -0.370 e. The lowest BCUT2D eigenvalue weighted by Crippen LogP contribution is -2.09. The highest BCUT2D eigenvalue weighted by atomic mass is 19.1. The SMILES string of the molecule is CCCNc1nc(C)nc(Nc2c(F)cccc2F)c1C. The number of halogens is 2. The van der Waals surface area contributed by atoms with Gasteiger partial charge in [0.05, 0.1) is 0 Å². The lowest BCUT2D eigenvalue weighted by atomic mass is 10.2. The molecule has 2 N–H and O–H groups in total. The van der Waals surface area contributed by atoms with Gasteiger partial charge in [0.1, 0.15) is 34.8 Å². The number of nitrogens with zero attached hydrogens (tertiary/aromatic N) is 2. The van der Waals surface area contributed by atoms with Gasteiger partial charge in [-0.1, -0.05) is 13.0 Å². The van der Waals surface area contributed by atoms with Crippen molar-refractivity contribution in [3.63, 3.8) is 0 Å². The first kappa shape index (κ1) is 15.2. The number of para-hydroxylation sites is 1. The van der Waals surface area contributed by atoms with E-state index in [4.69, 9.17) is 0 Å². The van der Waals surface area contributed by atoms with Crippen LogP contribution in [0.1, 0.15) is 24.7 Å². The molecular weight excluding hydrogens is 274 g/mol. The zero-order chi connectivity index (χ0) is 15.4. The lowest BCUT2D eigenvalue weighted by molar-refractivity contribution is 0.590. The lowest BCUT2D eigenvalue weighted by Gasteiger charge is -2.14. The minimum atomic E-state index is -0.659. The van der Waals surface area contributed by atoms with Crippen molar-refractivity contribution in [3.8, 4) is 0 Å². The van der Waals surface area contributed by atoms with Gasteiger partial charge in [-0.25, -0.2) is 18.7 Å². The number of aromatic nitrogens is 2. The molecule has 0 radical (unpaired) electrons. The van der Waals surface area contributed by atoms with E-state index in [1.807, 2.05) is 6.92 Å². The van der Waals surface area contributed by atoms with E-state index in [1.165, 1.54) is 18.2 Å². The second-order valence-corrected chi connectivity index (χ2v) is 4.74. The normalized spacial score (nSPS) is 10.5. The van der Waals surface area contributed by atoms with E-state index in [0.717, 1.165) is 18.5 Å². The zero-order valence-corrected chi connectivity index (χ0v) is 12.3. The minimum absolute atomic E-state index is 0.208. The van der Waals surface area contributed by atoms with E-state index >= 15 is 0 Å². The van der Waals surface area contributed by atoms with E-state index in [2.05, 4.69) is 20.6 Å². The smallest absolute Gasteiger partial charge is 0.149 e. The van der Waals surface area contributed by atoms with Gasteiger partial charge in [0.15, 0.2) is 0 Å². The maximum atomic E-state index is 13.7. The molecule has 0 amide bonds. The Morgan fingerprint density at radius 3 is 2.29 bits per heavy atom. The molecule has 0 aliphatic carbocycles. The van der Waals surface area contributed by atoms with Crippen molar-refractivity contribution in [2.75, 3.05) is 17.2 Å². The second-order valence-electron chi connectivity index (χ2n) is 4.74. The third kappa shape index (κ3) is 3.45. The molecular formula is C15H18F2N4. The van der Waals surface area contributed by atoms with Gasteiger partial charge in [-0.15, -0.1) is 0 Å². The molecule has 0 aliphatic heterocycles. The van der Waals surface area contributed by atoms with Gasteiger partial charge in [0, 0.05) is 12.1 Å². The molecule has 0 bridgehead atoms. The number of anilines is 3. The first-order valence-electron chi connectivity index (χ1n) is 6.83. The first-order chi connectivity index (χ1) is 10.0. The van der Waals surface area contributed by atoms with Gasteiger partial charge in [0.2, 0.25) is 0 Å². The van der Waals surface area contributed by atoms with Crippen LogP contribution in [0.2, 0.25) is 0 Å². The number of rotatable bonds is 5. The second kappa shape index (κ2) is 6.47. The monoisotopic (exact) mass is 292 g/mol. The molecule has 0 saturated carbocycles. The van der Waals surface area contributed by atoms with Gasteiger partial charge >= 0.3 is 0 Å². The number of nitrogens with one attached hydrogen (secondary N) is 2. The molecule has 6 heteroatoms. The van der Waals surface area contributed by atoms with Crippen LogP contribution in [-0.2, 0) is 0 Å². The van der Waals surface area contributed by atoms with Gasteiger partial charge in [-0.2, -0.15) is 0 Å². The Hall–Kier alpha value is -2.24. The average Bonchev–Trinajstić information content (AvgIpc) is 2.44. The molecule has 1 aromatic carbocycles. The van der Waals surface area contributed by atoms with E-state index in [0.29, 0.717) is 17.5 Å². The van der Waals surface area contributed by atoms with E-state index < -0.39 is 11.6 Å². The van der Waals surface area contributed by atoms with Crippen LogP contribution in [0.15, 0.2) is 18.2 Å². The Labute approximate surface area is 122 Å². The molecule has 112 valence electrons. The number of hydrogen-bond acceptors (Lipinski definition) is 4. The Morgan fingerprint density at radius 1 is 1.05 bits per heavy atom. The highest BCUT2D eigenvalue weighted by Gasteiger charge is 2.13. The average molecular weight is 292 g/mol. The van der Waals surface area contributed by atoms with Gasteiger partial charge in [-0.05, 0) is 32.4 Å². The molecule has 1 heterocycles. The van der Waals surface area contributed by atoms with Crippen LogP contribution >= 0.6 is 0 Å². The highest BCUT2D eigenvalue weighted by Crippen LogP contribution is 2.26. The van der Waals surface area contributed by atoms with Crippen molar-refractivity contribution in [2.24, 2.45) is 0 Å². The summed E-state index contributed by atoms with van der Waals surface area (Å²) >= 11 is 0. The maximum Gasteiger partial charge on any atom is 0.149 e. The van der Waals surface area contributed by atoms with Crippen molar-refractivity contribution >= 4 is 17.3 Å². The molecule has 0 aliphatic rings. The summed E-state index contributed by atoms with van der Waals surface area (Å²) in [5, 5.41) is 5.91. The Morgan fingerprint density at radius 2 is 1.67 bits per heavy atom. The summed E-state index contributed by atoms with van der Waals surface area (Å²) in [6.07, 6.45) is 0.952. The van der Waals surface area contributed by atoms with Crippen LogP contribution in [0, 0.1) is 25.5 Å². The number of benzene rings is 1. The van der Waals surface area contributed by atoms with E-state index in [9.17, 15) is 8.78 Å². The molecule has 0 fully saturated rings. The maximum absolute atomic E-state index is 13.7. The highest BCUT2D eigenvalue weighted by molar-refractivity contribution is 5.65. The molecule has 0 atom stereocenters. The van der Waals surface area contributed by atoms with Crippen LogP contribution in [0.5, 0.6) is 0 Å². The summed E-state index contributed by atoms with van der Waals surface area (Å²) in [6.45, 7) is 6.35. The molecule has 4 nitrogen and oxygen atoms in total. The quantitative estimate of drug-likeness (QED) is 0.876. The van der Waals surface area contributed by atoms with Crippen LogP contribution < -0.4 is 10.6 Å². The van der Waals surface area contributed by atoms with Crippen molar-refractivity contribution < 1.29 is 8.78 Å². The topological polar surface area (TPSA) is 49.8 Å². The largest absolute Gasteiger partial charge is 0.370 e. The third-order valence-corrected chi connectivity index (χ3v) is 3.01. The van der Waals surface area contributed by atoms with Gasteiger partial charge < -0.3 is 10.6 Å². The summed E-state index contributed by atoms with van der Waals surface area (Å²) in [6, 6.07) is 3.72. The molecule has 0 saturated heterocycles. The third-order valence-electron chi connectivity index (χ3n) is 3.01. The van der Waals surface area contributed by atoms with E-state index in [1.54, 1.807) is 13.8 Å². The summed E-state index contributed by atoms with van der Waals surface area (Å²) < 4.78 is 27.4. The standard InChI is InChI=1S/C15H18F2N4/c1-4-8-18-14-9(2)15(20-10(3)19-14)21-13-11(16)6-5-7-12(13)17/h5-7H,4,8H2,1-3H3,(H2,18,19,20,21). The van der Waals surface area contributed by atoms with E-state index in [-0.39, 0.29) is 5.69 Å². The fraction of sp³-hybridized carbons (Fsp3) is 0.333. The zero-order valence-electron chi connectivity index (χ0n) is 12.3. The summed E-state index contributed by atoms with van der Waals surface area (Å²) in [5.41, 5.74) is 0.511. The predicted octanol–water partition coefficient (Wildman–Crippen LogP) is 3.94. The fourth-order valence-electron chi connectivity index (χ4n) is 1.90. The molecule has 0 unspecified atom stereocenters. The summed E-state index contributed by atoms with van der Waals surface area (Å²) in [4.78, 5) is 8.53. The van der Waals surface area contributed by atoms with Crippen molar-refractivity contribution in [2.45, 2.75) is 27.2 Å². The Kier molecular flexibility index (Phi) is 4.67.